The highest BCUT2D eigenvalue weighted by Gasteiger charge is 2.18. The predicted molar refractivity (Wildman–Crippen MR) is 239 cm³/mol. The van der Waals surface area contributed by atoms with E-state index >= 15 is 0 Å². The van der Waals surface area contributed by atoms with Crippen LogP contribution < -0.4 is 4.90 Å². The molecule has 0 fully saturated rings. The van der Waals surface area contributed by atoms with Crippen molar-refractivity contribution in [2.24, 2.45) is 0 Å². The van der Waals surface area contributed by atoms with Crippen LogP contribution in [0.2, 0.25) is 0 Å². The van der Waals surface area contributed by atoms with E-state index in [1.54, 1.807) is 0 Å². The van der Waals surface area contributed by atoms with Gasteiger partial charge < -0.3 is 9.47 Å². The van der Waals surface area contributed by atoms with Crippen LogP contribution in [0.15, 0.2) is 218 Å². The lowest BCUT2D eigenvalue weighted by molar-refractivity contribution is 1.18. The number of aromatic nitrogens is 1. The van der Waals surface area contributed by atoms with Gasteiger partial charge in [0.2, 0.25) is 0 Å². The van der Waals surface area contributed by atoms with Crippen molar-refractivity contribution in [3.8, 4) is 27.9 Å². The van der Waals surface area contributed by atoms with E-state index in [1.165, 1.54) is 76.4 Å². The molecule has 0 aliphatic carbocycles. The van der Waals surface area contributed by atoms with Gasteiger partial charge in [-0.15, -0.1) is 0 Å². The Labute approximate surface area is 325 Å². The van der Waals surface area contributed by atoms with Crippen LogP contribution in [0.3, 0.4) is 0 Å². The van der Waals surface area contributed by atoms with Crippen molar-refractivity contribution < 1.29 is 0 Å². The van der Waals surface area contributed by atoms with Crippen LogP contribution in [0.1, 0.15) is 0 Å². The smallest absolute Gasteiger partial charge is 0.0542 e. The van der Waals surface area contributed by atoms with E-state index < -0.39 is 0 Å². The van der Waals surface area contributed by atoms with Crippen LogP contribution in [-0.2, 0) is 0 Å². The molecule has 0 saturated carbocycles. The molecule has 56 heavy (non-hydrogen) atoms. The highest BCUT2D eigenvalue weighted by atomic mass is 15.1. The lowest BCUT2D eigenvalue weighted by atomic mass is 9.95. The second-order valence-corrected chi connectivity index (χ2v) is 14.6. The number of hydrogen-bond acceptors (Lipinski definition) is 1. The minimum absolute atomic E-state index is 1.10. The van der Waals surface area contributed by atoms with Gasteiger partial charge in [0.1, 0.15) is 0 Å². The zero-order valence-corrected chi connectivity index (χ0v) is 30.7. The lowest BCUT2D eigenvalue weighted by Crippen LogP contribution is -2.10. The van der Waals surface area contributed by atoms with Crippen LogP contribution in [0, 0.1) is 0 Å². The molecule has 11 rings (SSSR count). The second kappa shape index (κ2) is 13.2. The molecule has 10 aromatic carbocycles. The van der Waals surface area contributed by atoms with Crippen molar-refractivity contribution >= 4 is 71.2 Å². The number of hydrogen-bond donors (Lipinski definition) is 0. The summed E-state index contributed by atoms with van der Waals surface area (Å²) >= 11 is 0. The van der Waals surface area contributed by atoms with Gasteiger partial charge >= 0.3 is 0 Å². The summed E-state index contributed by atoms with van der Waals surface area (Å²) in [6, 6.07) is 79.4. The minimum Gasteiger partial charge on any atom is -0.310 e. The molecule has 0 saturated heterocycles. The van der Waals surface area contributed by atoms with Crippen LogP contribution in [0.4, 0.5) is 17.1 Å². The summed E-state index contributed by atoms with van der Waals surface area (Å²) in [7, 11) is 0. The number of anilines is 3. The van der Waals surface area contributed by atoms with Gasteiger partial charge in [0.05, 0.1) is 11.0 Å². The Balaban J connectivity index is 1.02. The van der Waals surface area contributed by atoms with E-state index in [0.29, 0.717) is 0 Å². The molecule has 0 amide bonds. The fourth-order valence-electron chi connectivity index (χ4n) is 8.65. The van der Waals surface area contributed by atoms with Gasteiger partial charge in [-0.2, -0.15) is 0 Å². The first-order valence-corrected chi connectivity index (χ1v) is 19.3. The van der Waals surface area contributed by atoms with Gasteiger partial charge in [-0.05, 0) is 121 Å². The largest absolute Gasteiger partial charge is 0.310 e. The fraction of sp³-hybridized carbons (Fsp3) is 0. The molecule has 2 nitrogen and oxygen atoms in total. The molecular weight excluding hydrogens is 677 g/mol. The number of nitrogens with zero attached hydrogens (tertiary/aromatic N) is 2. The first-order valence-electron chi connectivity index (χ1n) is 19.3. The van der Waals surface area contributed by atoms with E-state index in [0.717, 1.165) is 22.7 Å². The number of para-hydroxylation sites is 2. The van der Waals surface area contributed by atoms with E-state index in [4.69, 9.17) is 0 Å². The highest BCUT2D eigenvalue weighted by Crippen LogP contribution is 2.41. The van der Waals surface area contributed by atoms with Crippen molar-refractivity contribution in [2.75, 3.05) is 4.90 Å². The third kappa shape index (κ3) is 5.34. The Morgan fingerprint density at radius 1 is 0.268 bits per heavy atom. The standard InChI is InChI=1S/C54H36N2/c1-3-11-37(12-4-1)38-19-26-44(27-20-38)55(46-30-34-54-52(36-46)51-17-9-10-18-53(51)56(54)43-14-5-2-6-15-43)45-28-21-39(22-29-45)41-24-31-48-42(35-41)25-33-49-47-16-8-7-13-40(47)23-32-50(48)49/h1-36H. The first kappa shape index (κ1) is 32.0. The predicted octanol–water partition coefficient (Wildman–Crippen LogP) is 15.0. The molecule has 0 N–H and O–H groups in total. The zero-order chi connectivity index (χ0) is 37.0. The lowest BCUT2D eigenvalue weighted by Gasteiger charge is -2.26. The van der Waals surface area contributed by atoms with E-state index in [2.05, 4.69) is 228 Å². The summed E-state index contributed by atoms with van der Waals surface area (Å²) in [4.78, 5) is 2.38. The maximum absolute atomic E-state index is 2.38. The Morgan fingerprint density at radius 2 is 0.768 bits per heavy atom. The van der Waals surface area contributed by atoms with Gasteiger partial charge in [-0.3, -0.25) is 0 Å². The monoisotopic (exact) mass is 712 g/mol. The SMILES string of the molecule is c1ccc(-c2ccc(N(c3ccc(-c4ccc5c(ccc6c7ccccc7ccc56)c4)cc3)c3ccc4c(c3)c3ccccc3n4-c3ccccc3)cc2)cc1. The minimum atomic E-state index is 1.10. The average molecular weight is 713 g/mol. The molecule has 0 aliphatic heterocycles. The van der Waals surface area contributed by atoms with Gasteiger partial charge in [0, 0.05) is 33.5 Å². The van der Waals surface area contributed by atoms with Crippen molar-refractivity contribution in [2.45, 2.75) is 0 Å². The maximum atomic E-state index is 2.38. The molecule has 0 aliphatic rings. The molecule has 0 radical (unpaired) electrons. The summed E-state index contributed by atoms with van der Waals surface area (Å²) in [6.07, 6.45) is 0. The summed E-state index contributed by atoms with van der Waals surface area (Å²) in [5.74, 6) is 0. The van der Waals surface area contributed by atoms with Crippen LogP contribution >= 0.6 is 0 Å². The Kier molecular flexibility index (Phi) is 7.53. The van der Waals surface area contributed by atoms with E-state index in [1.807, 2.05) is 0 Å². The molecule has 1 heterocycles. The topological polar surface area (TPSA) is 8.17 Å². The molecule has 262 valence electrons. The average Bonchev–Trinajstić information content (AvgIpc) is 3.61. The van der Waals surface area contributed by atoms with E-state index in [-0.39, 0.29) is 0 Å². The maximum Gasteiger partial charge on any atom is 0.0542 e. The summed E-state index contributed by atoms with van der Waals surface area (Å²) in [6.45, 7) is 0. The third-order valence-electron chi connectivity index (χ3n) is 11.4. The van der Waals surface area contributed by atoms with Gasteiger partial charge in [0.15, 0.2) is 0 Å². The highest BCUT2D eigenvalue weighted by molar-refractivity contribution is 6.17. The summed E-state index contributed by atoms with van der Waals surface area (Å²) in [5, 5.41) is 10.2. The Morgan fingerprint density at radius 3 is 1.50 bits per heavy atom. The van der Waals surface area contributed by atoms with Gasteiger partial charge in [-0.1, -0.05) is 152 Å². The van der Waals surface area contributed by atoms with Gasteiger partial charge in [-0.25, -0.2) is 0 Å². The molecule has 0 bridgehead atoms. The molecular formula is C54H36N2. The van der Waals surface area contributed by atoms with Crippen LogP contribution in [0.5, 0.6) is 0 Å². The summed E-state index contributed by atoms with van der Waals surface area (Å²) in [5.41, 5.74) is 11.7. The molecule has 11 aromatic rings. The first-order chi connectivity index (χ1) is 27.8. The second-order valence-electron chi connectivity index (χ2n) is 14.6. The number of fused-ring (bicyclic) bond motifs is 8. The zero-order valence-electron chi connectivity index (χ0n) is 30.7. The molecule has 1 aromatic heterocycles. The molecule has 0 atom stereocenters. The normalized spacial score (nSPS) is 11.6. The van der Waals surface area contributed by atoms with Crippen molar-refractivity contribution in [3.63, 3.8) is 0 Å². The van der Waals surface area contributed by atoms with E-state index in [9.17, 15) is 0 Å². The van der Waals surface area contributed by atoms with Gasteiger partial charge in [0.25, 0.3) is 0 Å². The fourth-order valence-corrected chi connectivity index (χ4v) is 8.65. The van der Waals surface area contributed by atoms with Crippen molar-refractivity contribution in [1.82, 2.24) is 4.57 Å². The molecule has 0 spiro atoms. The van der Waals surface area contributed by atoms with Crippen molar-refractivity contribution in [1.29, 1.82) is 0 Å². The van der Waals surface area contributed by atoms with Crippen molar-refractivity contribution in [3.05, 3.63) is 218 Å². The Bertz CT molecular complexity index is 3210. The Hall–Kier alpha value is -7.42. The quantitative estimate of drug-likeness (QED) is 0.156. The third-order valence-corrected chi connectivity index (χ3v) is 11.4. The number of benzene rings is 10. The number of rotatable bonds is 6. The summed E-state index contributed by atoms with van der Waals surface area (Å²) < 4.78 is 2.37. The van der Waals surface area contributed by atoms with Crippen LogP contribution in [-0.4, -0.2) is 4.57 Å². The van der Waals surface area contributed by atoms with Crippen LogP contribution in [0.25, 0.3) is 82.1 Å². The molecule has 2 heteroatoms. The molecule has 0 unspecified atom stereocenters.